The summed E-state index contributed by atoms with van der Waals surface area (Å²) in [6.07, 6.45) is 10.2. The minimum Gasteiger partial charge on any atom is -0.390 e. The third kappa shape index (κ3) is 1.84. The van der Waals surface area contributed by atoms with Gasteiger partial charge in [0.1, 0.15) is 0 Å². The molecule has 0 atom stereocenters. The van der Waals surface area contributed by atoms with E-state index in [0.717, 1.165) is 19.3 Å². The van der Waals surface area contributed by atoms with E-state index < -0.39 is 0 Å². The standard InChI is InChI=1S/C10H16O/c11-10(6-1-2-7-10)8-5-9-3-4-9/h5,11H,1-4,6-8H2. The molecule has 0 saturated heterocycles. The zero-order valence-electron chi connectivity index (χ0n) is 6.97. The summed E-state index contributed by atoms with van der Waals surface area (Å²) >= 11 is 0. The van der Waals surface area contributed by atoms with Crippen LogP contribution in [0.3, 0.4) is 0 Å². The Kier molecular flexibility index (Phi) is 1.76. The summed E-state index contributed by atoms with van der Waals surface area (Å²) in [6.45, 7) is 0. The van der Waals surface area contributed by atoms with Crippen LogP contribution in [-0.4, -0.2) is 10.7 Å². The van der Waals surface area contributed by atoms with E-state index in [1.165, 1.54) is 25.7 Å². The number of allylic oxidation sites excluding steroid dienone is 1. The molecule has 0 aromatic carbocycles. The normalized spacial score (nSPS) is 27.2. The van der Waals surface area contributed by atoms with Gasteiger partial charge in [-0.2, -0.15) is 0 Å². The Hall–Kier alpha value is -0.300. The molecule has 1 nitrogen and oxygen atoms in total. The molecule has 1 N–H and O–H groups in total. The summed E-state index contributed by atoms with van der Waals surface area (Å²) in [6, 6.07) is 0. The molecule has 0 heterocycles. The predicted molar refractivity (Wildman–Crippen MR) is 45.4 cm³/mol. The third-order valence-electron chi connectivity index (χ3n) is 2.84. The van der Waals surface area contributed by atoms with Gasteiger partial charge in [-0.05, 0) is 32.1 Å². The van der Waals surface area contributed by atoms with Crippen LogP contribution in [0.2, 0.25) is 0 Å². The topological polar surface area (TPSA) is 20.2 Å². The van der Waals surface area contributed by atoms with Crippen molar-refractivity contribution in [3.05, 3.63) is 11.6 Å². The summed E-state index contributed by atoms with van der Waals surface area (Å²) in [5, 5.41) is 9.92. The molecule has 2 aliphatic carbocycles. The Morgan fingerprint density at radius 1 is 1.27 bits per heavy atom. The van der Waals surface area contributed by atoms with E-state index in [-0.39, 0.29) is 5.60 Å². The Balaban J connectivity index is 1.87. The summed E-state index contributed by atoms with van der Waals surface area (Å²) in [5.74, 6) is 0. The smallest absolute Gasteiger partial charge is 0.0682 e. The van der Waals surface area contributed by atoms with Gasteiger partial charge in [-0.1, -0.05) is 24.5 Å². The highest BCUT2D eigenvalue weighted by molar-refractivity contribution is 5.17. The number of rotatable bonds is 2. The Labute approximate surface area is 68.1 Å². The van der Waals surface area contributed by atoms with Crippen molar-refractivity contribution in [2.75, 3.05) is 0 Å². The van der Waals surface area contributed by atoms with Gasteiger partial charge < -0.3 is 5.11 Å². The number of aliphatic hydroxyl groups is 1. The molecule has 62 valence electrons. The van der Waals surface area contributed by atoms with Crippen molar-refractivity contribution in [1.29, 1.82) is 0 Å². The summed E-state index contributed by atoms with van der Waals surface area (Å²) in [7, 11) is 0. The van der Waals surface area contributed by atoms with Crippen LogP contribution in [0.15, 0.2) is 11.6 Å². The molecular formula is C10H16O. The fourth-order valence-electron chi connectivity index (χ4n) is 1.85. The lowest BCUT2D eigenvalue weighted by Crippen LogP contribution is -2.22. The molecule has 0 aliphatic heterocycles. The maximum atomic E-state index is 9.92. The first-order chi connectivity index (χ1) is 5.29. The van der Waals surface area contributed by atoms with Gasteiger partial charge in [0.15, 0.2) is 0 Å². The molecule has 2 aliphatic rings. The molecule has 1 heteroatoms. The van der Waals surface area contributed by atoms with Crippen LogP contribution < -0.4 is 0 Å². The van der Waals surface area contributed by atoms with Crippen molar-refractivity contribution in [3.8, 4) is 0 Å². The highest BCUT2D eigenvalue weighted by Crippen LogP contribution is 2.35. The lowest BCUT2D eigenvalue weighted by atomic mass is 9.98. The van der Waals surface area contributed by atoms with Crippen LogP contribution in [0.25, 0.3) is 0 Å². The van der Waals surface area contributed by atoms with E-state index in [0.29, 0.717) is 0 Å². The van der Waals surface area contributed by atoms with Crippen molar-refractivity contribution >= 4 is 0 Å². The van der Waals surface area contributed by atoms with Gasteiger partial charge in [0.05, 0.1) is 5.60 Å². The van der Waals surface area contributed by atoms with E-state index in [9.17, 15) is 5.11 Å². The van der Waals surface area contributed by atoms with E-state index in [2.05, 4.69) is 6.08 Å². The third-order valence-corrected chi connectivity index (χ3v) is 2.84. The minimum atomic E-state index is -0.310. The van der Waals surface area contributed by atoms with Crippen molar-refractivity contribution in [3.63, 3.8) is 0 Å². The maximum absolute atomic E-state index is 9.92. The first-order valence-corrected chi connectivity index (χ1v) is 4.69. The van der Waals surface area contributed by atoms with Crippen molar-refractivity contribution in [2.45, 2.75) is 50.5 Å². The first-order valence-electron chi connectivity index (χ1n) is 4.69. The average Bonchev–Trinajstić information content (AvgIpc) is 2.73. The second kappa shape index (κ2) is 2.63. The monoisotopic (exact) mass is 152 g/mol. The summed E-state index contributed by atoms with van der Waals surface area (Å²) in [5.41, 5.74) is 1.25. The molecule has 0 unspecified atom stereocenters. The van der Waals surface area contributed by atoms with Gasteiger partial charge in [0.25, 0.3) is 0 Å². The minimum absolute atomic E-state index is 0.310. The van der Waals surface area contributed by atoms with Gasteiger partial charge in [0, 0.05) is 0 Å². The molecular weight excluding hydrogens is 136 g/mol. The van der Waals surface area contributed by atoms with E-state index in [4.69, 9.17) is 0 Å². The molecule has 2 fully saturated rings. The fourth-order valence-corrected chi connectivity index (χ4v) is 1.85. The molecule has 0 radical (unpaired) electrons. The molecule has 0 aromatic heterocycles. The molecule has 0 bridgehead atoms. The quantitative estimate of drug-likeness (QED) is 0.602. The highest BCUT2D eigenvalue weighted by Gasteiger charge is 2.30. The fraction of sp³-hybridized carbons (Fsp3) is 0.800. The van der Waals surface area contributed by atoms with Gasteiger partial charge in [-0.25, -0.2) is 0 Å². The Morgan fingerprint density at radius 3 is 2.45 bits per heavy atom. The lowest BCUT2D eigenvalue weighted by Gasteiger charge is -2.19. The lowest BCUT2D eigenvalue weighted by molar-refractivity contribution is 0.0509. The van der Waals surface area contributed by atoms with Crippen LogP contribution in [-0.2, 0) is 0 Å². The molecule has 11 heavy (non-hydrogen) atoms. The second-order valence-electron chi connectivity index (χ2n) is 4.00. The first kappa shape index (κ1) is 7.35. The molecule has 0 spiro atoms. The van der Waals surface area contributed by atoms with Crippen LogP contribution >= 0.6 is 0 Å². The highest BCUT2D eigenvalue weighted by atomic mass is 16.3. The summed E-state index contributed by atoms with van der Waals surface area (Å²) in [4.78, 5) is 0. The molecule has 2 saturated carbocycles. The van der Waals surface area contributed by atoms with E-state index in [1.54, 1.807) is 5.57 Å². The number of hydrogen-bond donors (Lipinski definition) is 1. The van der Waals surface area contributed by atoms with Gasteiger partial charge >= 0.3 is 0 Å². The van der Waals surface area contributed by atoms with Gasteiger partial charge in [-0.3, -0.25) is 0 Å². The number of hydrogen-bond acceptors (Lipinski definition) is 1. The SMILES string of the molecule is OC1(CC=C2CC2)CCCC1. The Morgan fingerprint density at radius 2 is 1.91 bits per heavy atom. The van der Waals surface area contributed by atoms with Gasteiger partial charge in [0.2, 0.25) is 0 Å². The van der Waals surface area contributed by atoms with Crippen molar-refractivity contribution in [1.82, 2.24) is 0 Å². The largest absolute Gasteiger partial charge is 0.390 e. The van der Waals surface area contributed by atoms with Gasteiger partial charge in [-0.15, -0.1) is 0 Å². The maximum Gasteiger partial charge on any atom is 0.0682 e. The van der Waals surface area contributed by atoms with Crippen LogP contribution in [0, 0.1) is 0 Å². The van der Waals surface area contributed by atoms with Crippen LogP contribution in [0.5, 0.6) is 0 Å². The van der Waals surface area contributed by atoms with Crippen LogP contribution in [0.1, 0.15) is 44.9 Å². The zero-order valence-corrected chi connectivity index (χ0v) is 6.97. The van der Waals surface area contributed by atoms with E-state index in [1.807, 2.05) is 0 Å². The van der Waals surface area contributed by atoms with E-state index >= 15 is 0 Å². The molecule has 2 rings (SSSR count). The summed E-state index contributed by atoms with van der Waals surface area (Å²) < 4.78 is 0. The van der Waals surface area contributed by atoms with Crippen molar-refractivity contribution < 1.29 is 5.11 Å². The van der Waals surface area contributed by atoms with Crippen molar-refractivity contribution in [2.24, 2.45) is 0 Å². The molecule has 0 amide bonds. The zero-order chi connectivity index (χ0) is 7.73. The van der Waals surface area contributed by atoms with Crippen LogP contribution in [0.4, 0.5) is 0 Å². The average molecular weight is 152 g/mol. The second-order valence-corrected chi connectivity index (χ2v) is 4.00. The Bertz CT molecular complexity index is 169. The predicted octanol–water partition coefficient (Wildman–Crippen LogP) is 2.40. The molecule has 0 aromatic rings.